The monoisotopic (exact) mass is 398 g/mol. The number of benzene rings is 1. The van der Waals surface area contributed by atoms with Crippen molar-refractivity contribution in [3.63, 3.8) is 0 Å². The third kappa shape index (κ3) is 5.34. The van der Waals surface area contributed by atoms with Gasteiger partial charge in [-0.3, -0.25) is 14.5 Å². The highest BCUT2D eigenvalue weighted by atomic mass is 19.4. The van der Waals surface area contributed by atoms with Gasteiger partial charge in [-0.15, -0.1) is 0 Å². The molecule has 2 N–H and O–H groups in total. The van der Waals surface area contributed by atoms with Gasteiger partial charge in [0.25, 0.3) is 0 Å². The molecular formula is C16H16F6N2O3. The predicted octanol–water partition coefficient (Wildman–Crippen LogP) is 3.32. The topological polar surface area (TPSA) is 69.6 Å². The first-order valence-electron chi connectivity index (χ1n) is 7.82. The predicted molar refractivity (Wildman–Crippen MR) is 81.8 cm³/mol. The normalized spacial score (nSPS) is 21.3. The van der Waals surface area contributed by atoms with Crippen LogP contribution in [0.2, 0.25) is 0 Å². The quantitative estimate of drug-likeness (QED) is 0.764. The van der Waals surface area contributed by atoms with Gasteiger partial charge < -0.3 is 10.4 Å². The van der Waals surface area contributed by atoms with Gasteiger partial charge in [0.2, 0.25) is 5.91 Å². The fraction of sp³-hybridized carbons (Fsp3) is 0.500. The fourth-order valence-corrected chi connectivity index (χ4v) is 2.95. The molecule has 5 nitrogen and oxygen atoms in total. The summed E-state index contributed by atoms with van der Waals surface area (Å²) in [6.45, 7) is 1.69. The molecule has 27 heavy (non-hydrogen) atoms. The molecule has 1 heterocycles. The first-order chi connectivity index (χ1) is 12.3. The smallest absolute Gasteiger partial charge is 0.416 e. The second-order valence-electron chi connectivity index (χ2n) is 6.46. The number of amides is 1. The van der Waals surface area contributed by atoms with E-state index in [1.807, 2.05) is 5.32 Å². The molecule has 0 radical (unpaired) electrons. The van der Waals surface area contributed by atoms with Crippen LogP contribution < -0.4 is 5.32 Å². The zero-order valence-electron chi connectivity index (χ0n) is 14.0. The third-order valence-corrected chi connectivity index (χ3v) is 4.24. The van der Waals surface area contributed by atoms with Crippen LogP contribution in [0.3, 0.4) is 0 Å². The third-order valence-electron chi connectivity index (χ3n) is 4.24. The summed E-state index contributed by atoms with van der Waals surface area (Å²) in [4.78, 5) is 24.6. The van der Waals surface area contributed by atoms with Crippen LogP contribution in [0, 0.1) is 11.8 Å². The van der Waals surface area contributed by atoms with Crippen molar-refractivity contribution in [1.82, 2.24) is 4.90 Å². The fourth-order valence-electron chi connectivity index (χ4n) is 2.95. The van der Waals surface area contributed by atoms with E-state index in [-0.39, 0.29) is 31.6 Å². The maximum absolute atomic E-state index is 12.8. The largest absolute Gasteiger partial charge is 0.481 e. The number of rotatable bonds is 4. The molecule has 1 fully saturated rings. The van der Waals surface area contributed by atoms with Crippen molar-refractivity contribution < 1.29 is 41.0 Å². The van der Waals surface area contributed by atoms with Crippen LogP contribution in [-0.2, 0) is 21.9 Å². The molecule has 1 aliphatic rings. The van der Waals surface area contributed by atoms with Gasteiger partial charge in [0.05, 0.1) is 23.6 Å². The number of alkyl halides is 6. The second-order valence-corrected chi connectivity index (χ2v) is 6.46. The molecule has 1 aromatic carbocycles. The van der Waals surface area contributed by atoms with Crippen molar-refractivity contribution in [2.45, 2.75) is 19.3 Å². The Morgan fingerprint density at radius 2 is 1.59 bits per heavy atom. The zero-order valence-corrected chi connectivity index (χ0v) is 14.0. The van der Waals surface area contributed by atoms with Crippen LogP contribution in [0.25, 0.3) is 0 Å². The van der Waals surface area contributed by atoms with Crippen LogP contribution in [0.5, 0.6) is 0 Å². The van der Waals surface area contributed by atoms with Crippen molar-refractivity contribution in [3.05, 3.63) is 29.3 Å². The Bertz CT molecular complexity index is 700. The Hall–Kier alpha value is -2.30. The Morgan fingerprint density at radius 1 is 1.07 bits per heavy atom. The average Bonchev–Trinajstić information content (AvgIpc) is 2.85. The van der Waals surface area contributed by atoms with Gasteiger partial charge >= 0.3 is 18.3 Å². The molecule has 0 aliphatic carbocycles. The van der Waals surface area contributed by atoms with E-state index in [9.17, 15) is 35.9 Å². The van der Waals surface area contributed by atoms with Gasteiger partial charge in [-0.25, -0.2) is 0 Å². The first kappa shape index (κ1) is 21.0. The van der Waals surface area contributed by atoms with Crippen molar-refractivity contribution in [3.8, 4) is 0 Å². The Morgan fingerprint density at radius 3 is 2.00 bits per heavy atom. The molecule has 1 saturated heterocycles. The van der Waals surface area contributed by atoms with E-state index in [4.69, 9.17) is 5.11 Å². The number of carboxylic acids is 1. The highest BCUT2D eigenvalue weighted by Gasteiger charge is 2.38. The van der Waals surface area contributed by atoms with Gasteiger partial charge in [-0.2, -0.15) is 26.3 Å². The lowest BCUT2D eigenvalue weighted by Crippen LogP contribution is -2.32. The summed E-state index contributed by atoms with van der Waals surface area (Å²) >= 11 is 0. The van der Waals surface area contributed by atoms with E-state index in [1.165, 1.54) is 4.90 Å². The summed E-state index contributed by atoms with van der Waals surface area (Å²) in [5.41, 5.74) is -3.70. The lowest BCUT2D eigenvalue weighted by molar-refractivity contribution is -0.144. The molecule has 0 spiro atoms. The molecule has 0 bridgehead atoms. The van der Waals surface area contributed by atoms with Gasteiger partial charge in [0.1, 0.15) is 0 Å². The maximum atomic E-state index is 12.8. The number of nitrogens with zero attached hydrogens (tertiary/aromatic N) is 1. The summed E-state index contributed by atoms with van der Waals surface area (Å²) in [6.07, 6.45) is -10.0. The van der Waals surface area contributed by atoms with E-state index in [1.54, 1.807) is 6.92 Å². The molecule has 0 unspecified atom stereocenters. The summed E-state index contributed by atoms with van der Waals surface area (Å²) in [7, 11) is 0. The molecule has 0 aromatic heterocycles. The summed E-state index contributed by atoms with van der Waals surface area (Å²) in [5.74, 6) is -2.79. The molecule has 150 valence electrons. The summed E-state index contributed by atoms with van der Waals surface area (Å²) in [6, 6.07) is 0.800. The van der Waals surface area contributed by atoms with E-state index < -0.39 is 47.0 Å². The molecule has 1 aromatic rings. The number of aliphatic carboxylic acids is 1. The van der Waals surface area contributed by atoms with Gasteiger partial charge in [0, 0.05) is 18.8 Å². The number of likely N-dealkylation sites (tertiary alicyclic amines) is 1. The minimum absolute atomic E-state index is 0.0325. The molecule has 11 heteroatoms. The van der Waals surface area contributed by atoms with Crippen molar-refractivity contribution in [2.75, 3.05) is 25.0 Å². The number of halogens is 6. The van der Waals surface area contributed by atoms with Crippen LogP contribution in [0.1, 0.15) is 18.1 Å². The van der Waals surface area contributed by atoms with Crippen molar-refractivity contribution >= 4 is 17.6 Å². The standard InChI is InChI=1S/C16H16F6N2O3/c1-8-5-24(6-12(8)14(26)27)7-13(25)23-11-3-9(15(17,18)19)2-10(4-11)16(20,21)22/h2-4,8,12H,5-7H2,1H3,(H,23,25)(H,26,27)/t8-,12-/m1/s1. The second kappa shape index (κ2) is 7.37. The minimum Gasteiger partial charge on any atom is -0.481 e. The molecule has 1 amide bonds. The number of carbonyl (C=O) groups excluding carboxylic acids is 1. The van der Waals surface area contributed by atoms with Crippen molar-refractivity contribution in [2.24, 2.45) is 11.8 Å². The Kier molecular flexibility index (Phi) is 5.74. The van der Waals surface area contributed by atoms with Gasteiger partial charge in [0.15, 0.2) is 0 Å². The SMILES string of the molecule is C[C@@H]1CN(CC(=O)Nc2cc(C(F)(F)F)cc(C(F)(F)F)c2)C[C@H]1C(=O)O. The molecule has 2 rings (SSSR count). The van der Waals surface area contributed by atoms with E-state index >= 15 is 0 Å². The number of nitrogens with one attached hydrogen (secondary N) is 1. The van der Waals surface area contributed by atoms with E-state index in [0.29, 0.717) is 12.1 Å². The zero-order chi connectivity index (χ0) is 20.6. The van der Waals surface area contributed by atoms with Crippen LogP contribution in [0.4, 0.5) is 32.0 Å². The number of anilines is 1. The van der Waals surface area contributed by atoms with Crippen LogP contribution >= 0.6 is 0 Å². The highest BCUT2D eigenvalue weighted by Crippen LogP contribution is 2.37. The number of hydrogen-bond donors (Lipinski definition) is 2. The van der Waals surface area contributed by atoms with Gasteiger partial charge in [-0.1, -0.05) is 6.92 Å². The molecular weight excluding hydrogens is 382 g/mol. The lowest BCUT2D eigenvalue weighted by Gasteiger charge is -2.17. The van der Waals surface area contributed by atoms with Crippen molar-refractivity contribution in [1.29, 1.82) is 0 Å². The number of carboxylic acid groups (broad SMARTS) is 1. The van der Waals surface area contributed by atoms with E-state index in [0.717, 1.165) is 0 Å². The summed E-state index contributed by atoms with van der Waals surface area (Å²) < 4.78 is 76.9. The van der Waals surface area contributed by atoms with Crippen LogP contribution in [0.15, 0.2) is 18.2 Å². The summed E-state index contributed by atoms with van der Waals surface area (Å²) in [5, 5.41) is 11.1. The molecule has 1 aliphatic heterocycles. The number of carbonyl (C=O) groups is 2. The lowest BCUT2D eigenvalue weighted by atomic mass is 9.99. The molecule has 2 atom stereocenters. The minimum atomic E-state index is -5.01. The van der Waals surface area contributed by atoms with Gasteiger partial charge in [-0.05, 0) is 24.1 Å². The van der Waals surface area contributed by atoms with Crippen LogP contribution in [-0.4, -0.2) is 41.5 Å². The molecule has 0 saturated carbocycles. The first-order valence-corrected chi connectivity index (χ1v) is 7.82. The maximum Gasteiger partial charge on any atom is 0.416 e. The average molecular weight is 398 g/mol. The Balaban J connectivity index is 2.14. The Labute approximate surface area is 149 Å². The van der Waals surface area contributed by atoms with E-state index in [2.05, 4.69) is 0 Å². The number of hydrogen-bond acceptors (Lipinski definition) is 3. The highest BCUT2D eigenvalue weighted by molar-refractivity contribution is 5.92.